The van der Waals surface area contributed by atoms with Crippen LogP contribution in [0.5, 0.6) is 0 Å². The fourth-order valence-corrected chi connectivity index (χ4v) is 1.96. The Morgan fingerprint density at radius 2 is 1.18 bits per heavy atom. The van der Waals surface area contributed by atoms with Gasteiger partial charge in [0, 0.05) is 0 Å². The molecule has 0 fully saturated rings. The molecule has 8 N–H and O–H groups in total. The van der Waals surface area contributed by atoms with E-state index >= 15 is 0 Å². The molecule has 0 atom stereocenters. The van der Waals surface area contributed by atoms with Gasteiger partial charge in [-0.3, -0.25) is 0 Å². The number of hydrogen-bond donors (Lipinski definition) is 4. The number of hydrogen-bond acceptors (Lipinski definition) is 6. The molecule has 0 saturated carbocycles. The van der Waals surface area contributed by atoms with E-state index in [0.29, 0.717) is 0 Å². The van der Waals surface area contributed by atoms with Crippen molar-refractivity contribution in [2.45, 2.75) is 12.3 Å². The molecular weight excluding hydrogens is 168 g/mol. The van der Waals surface area contributed by atoms with Crippen LogP contribution in [0.3, 0.4) is 0 Å². The second kappa shape index (κ2) is 3.98. The first-order valence-corrected chi connectivity index (χ1v) is 4.88. The molecule has 0 aromatic heterocycles. The Morgan fingerprint density at radius 3 is 1.36 bits per heavy atom. The van der Waals surface area contributed by atoms with Crippen molar-refractivity contribution in [1.82, 2.24) is 0 Å². The van der Waals surface area contributed by atoms with E-state index in [0.717, 1.165) is 0 Å². The molecule has 0 aromatic carbocycles. The second-order valence-corrected chi connectivity index (χ2v) is 4.56. The van der Waals surface area contributed by atoms with Crippen molar-refractivity contribution in [3.05, 3.63) is 0 Å². The molecule has 0 aliphatic carbocycles. The zero-order valence-electron chi connectivity index (χ0n) is 6.10. The van der Waals surface area contributed by atoms with Crippen LogP contribution in [0.15, 0.2) is 0 Å². The number of nitrogens with two attached hydrogens (primary N) is 4. The Labute approximate surface area is 65.8 Å². The normalized spacial score (nSPS) is 12.9. The fraction of sp³-hybridized carbons (Fsp3) is 1.00. The minimum Gasteiger partial charge on any atom is -0.315 e. The molecule has 0 bridgehead atoms. The summed E-state index contributed by atoms with van der Waals surface area (Å²) < 4.78 is 21.9. The predicted molar refractivity (Wildman–Crippen MR) is 43.0 cm³/mol. The first-order chi connectivity index (χ1) is 4.83. The van der Waals surface area contributed by atoms with E-state index in [2.05, 4.69) is 0 Å². The van der Waals surface area contributed by atoms with Gasteiger partial charge in [0.05, 0.1) is 23.8 Å². The van der Waals surface area contributed by atoms with E-state index in [-0.39, 0.29) is 11.5 Å². The van der Waals surface area contributed by atoms with Crippen LogP contribution in [-0.4, -0.2) is 32.3 Å². The van der Waals surface area contributed by atoms with Crippen molar-refractivity contribution in [3.63, 3.8) is 0 Å². The van der Waals surface area contributed by atoms with Gasteiger partial charge in [0.2, 0.25) is 0 Å². The van der Waals surface area contributed by atoms with Crippen LogP contribution in [0, 0.1) is 0 Å². The van der Waals surface area contributed by atoms with Gasteiger partial charge in [-0.15, -0.1) is 0 Å². The Balaban J connectivity index is 4.03. The average molecular weight is 182 g/mol. The SMILES string of the molecule is NC(N)CS(=O)(=O)CC(N)N. The van der Waals surface area contributed by atoms with Gasteiger partial charge >= 0.3 is 0 Å². The van der Waals surface area contributed by atoms with Crippen molar-refractivity contribution >= 4 is 9.84 Å². The highest BCUT2D eigenvalue weighted by molar-refractivity contribution is 7.91. The second-order valence-electron chi connectivity index (χ2n) is 2.40. The predicted octanol–water partition coefficient (Wildman–Crippen LogP) is -3.11. The first kappa shape index (κ1) is 10.8. The highest BCUT2D eigenvalue weighted by atomic mass is 32.2. The summed E-state index contributed by atoms with van der Waals surface area (Å²) in [4.78, 5) is 0. The summed E-state index contributed by atoms with van der Waals surface area (Å²) in [5, 5.41) is 0. The van der Waals surface area contributed by atoms with E-state index in [1.54, 1.807) is 0 Å². The summed E-state index contributed by atoms with van der Waals surface area (Å²) in [5.41, 5.74) is 20.3. The average Bonchev–Trinajstić information content (AvgIpc) is 1.53. The topological polar surface area (TPSA) is 138 Å². The van der Waals surface area contributed by atoms with Crippen LogP contribution in [0.2, 0.25) is 0 Å². The van der Waals surface area contributed by atoms with Gasteiger partial charge in [0.25, 0.3) is 0 Å². The van der Waals surface area contributed by atoms with Crippen molar-refractivity contribution in [2.75, 3.05) is 11.5 Å². The highest BCUT2D eigenvalue weighted by Crippen LogP contribution is 1.90. The van der Waals surface area contributed by atoms with Gasteiger partial charge < -0.3 is 22.9 Å². The summed E-state index contributed by atoms with van der Waals surface area (Å²) >= 11 is 0. The third-order valence-corrected chi connectivity index (χ3v) is 2.68. The maximum absolute atomic E-state index is 10.9. The Bertz CT molecular complexity index is 182. The lowest BCUT2D eigenvalue weighted by Gasteiger charge is -2.08. The molecule has 0 rings (SSSR count). The van der Waals surface area contributed by atoms with Crippen LogP contribution in [0.4, 0.5) is 0 Å². The highest BCUT2D eigenvalue weighted by Gasteiger charge is 2.15. The van der Waals surface area contributed by atoms with Crippen LogP contribution in [0.25, 0.3) is 0 Å². The van der Waals surface area contributed by atoms with Crippen molar-refractivity contribution in [3.8, 4) is 0 Å². The van der Waals surface area contributed by atoms with Crippen LogP contribution in [-0.2, 0) is 9.84 Å². The zero-order chi connectivity index (χ0) is 9.07. The molecule has 0 heterocycles. The Kier molecular flexibility index (Phi) is 3.90. The van der Waals surface area contributed by atoms with Gasteiger partial charge in [-0.1, -0.05) is 0 Å². The third-order valence-electron chi connectivity index (χ3n) is 0.893. The maximum atomic E-state index is 10.9. The van der Waals surface area contributed by atoms with E-state index in [9.17, 15) is 8.42 Å². The molecule has 0 unspecified atom stereocenters. The van der Waals surface area contributed by atoms with Crippen molar-refractivity contribution in [1.29, 1.82) is 0 Å². The fourth-order valence-electron chi connectivity index (χ4n) is 0.654. The lowest BCUT2D eigenvalue weighted by atomic mass is 10.6. The van der Waals surface area contributed by atoms with Crippen molar-refractivity contribution < 1.29 is 8.42 Å². The summed E-state index contributed by atoms with van der Waals surface area (Å²) in [6.45, 7) is 0. The third kappa shape index (κ3) is 6.20. The molecule has 0 spiro atoms. The monoisotopic (exact) mass is 182 g/mol. The van der Waals surface area contributed by atoms with Gasteiger partial charge in [-0.05, 0) is 0 Å². The molecule has 0 amide bonds. The minimum atomic E-state index is -3.28. The van der Waals surface area contributed by atoms with Crippen LogP contribution < -0.4 is 22.9 Å². The molecule has 11 heavy (non-hydrogen) atoms. The van der Waals surface area contributed by atoms with E-state index in [1.165, 1.54) is 0 Å². The number of sulfone groups is 1. The summed E-state index contributed by atoms with van der Waals surface area (Å²) in [5.74, 6) is -0.560. The van der Waals surface area contributed by atoms with E-state index in [4.69, 9.17) is 22.9 Å². The molecule has 0 aliphatic heterocycles. The quantitative estimate of drug-likeness (QED) is 0.339. The smallest absolute Gasteiger partial charge is 0.155 e. The molecule has 0 aromatic rings. The number of rotatable bonds is 4. The van der Waals surface area contributed by atoms with E-state index in [1.807, 2.05) is 0 Å². The van der Waals surface area contributed by atoms with Gasteiger partial charge in [0.15, 0.2) is 9.84 Å². The van der Waals surface area contributed by atoms with Gasteiger partial charge in [-0.25, -0.2) is 8.42 Å². The lowest BCUT2D eigenvalue weighted by molar-refractivity contribution is 0.581. The molecule has 0 saturated heterocycles. The Morgan fingerprint density at radius 1 is 0.909 bits per heavy atom. The van der Waals surface area contributed by atoms with Crippen LogP contribution in [0.1, 0.15) is 0 Å². The van der Waals surface area contributed by atoms with Gasteiger partial charge in [0.1, 0.15) is 0 Å². The summed E-state index contributed by atoms with van der Waals surface area (Å²) in [6.07, 6.45) is -1.72. The standard InChI is InChI=1S/C4H14N4O2S/c5-3(6)1-11(9,10)2-4(7)8/h3-4H,1-2,5-8H2. The van der Waals surface area contributed by atoms with Crippen LogP contribution >= 0.6 is 0 Å². The molecule has 0 aliphatic rings. The van der Waals surface area contributed by atoms with Gasteiger partial charge in [-0.2, -0.15) is 0 Å². The zero-order valence-corrected chi connectivity index (χ0v) is 6.92. The molecule has 68 valence electrons. The maximum Gasteiger partial charge on any atom is 0.155 e. The molecular formula is C4H14N4O2S. The first-order valence-electron chi connectivity index (χ1n) is 3.06. The largest absolute Gasteiger partial charge is 0.315 e. The lowest BCUT2D eigenvalue weighted by Crippen LogP contribution is -2.44. The molecule has 6 nitrogen and oxygen atoms in total. The minimum absolute atomic E-state index is 0.280. The van der Waals surface area contributed by atoms with E-state index < -0.39 is 22.2 Å². The molecule has 0 radical (unpaired) electrons. The summed E-state index contributed by atoms with van der Waals surface area (Å²) in [7, 11) is -3.28. The molecule has 7 heteroatoms. The Hall–Kier alpha value is -0.210. The van der Waals surface area contributed by atoms with Crippen molar-refractivity contribution in [2.24, 2.45) is 22.9 Å². The summed E-state index contributed by atoms with van der Waals surface area (Å²) in [6, 6.07) is 0.